The van der Waals surface area contributed by atoms with Gasteiger partial charge in [0.25, 0.3) is 0 Å². The number of aromatic amines is 1. The number of sulfone groups is 1. The summed E-state index contributed by atoms with van der Waals surface area (Å²) in [5, 5.41) is 0.949. The van der Waals surface area contributed by atoms with Crippen molar-refractivity contribution in [3.8, 4) is 0 Å². The molecule has 0 saturated carbocycles. The highest BCUT2D eigenvalue weighted by Crippen LogP contribution is 2.34. The molecule has 3 aromatic rings. The number of nitrogens with zero attached hydrogens (tertiary/aromatic N) is 1. The van der Waals surface area contributed by atoms with Crippen LogP contribution in [0, 0.1) is 6.92 Å². The summed E-state index contributed by atoms with van der Waals surface area (Å²) in [5.41, 5.74) is 2.81. The molecular weight excluding hydrogens is 358 g/mol. The zero-order chi connectivity index (χ0) is 19.0. The second-order valence-corrected chi connectivity index (χ2v) is 9.23. The average molecular weight is 384 g/mol. The Morgan fingerprint density at radius 2 is 1.67 bits per heavy atom. The van der Waals surface area contributed by atoms with Gasteiger partial charge in [0.15, 0.2) is 11.1 Å². The highest BCUT2D eigenvalue weighted by Gasteiger charge is 2.31. The molecule has 0 spiro atoms. The van der Waals surface area contributed by atoms with E-state index in [1.165, 1.54) is 4.90 Å². The zero-order valence-corrected chi connectivity index (χ0v) is 16.5. The fraction of sp³-hybridized carbons (Fsp3) is 0.286. The number of benzene rings is 2. The summed E-state index contributed by atoms with van der Waals surface area (Å²) < 4.78 is 26.9. The van der Waals surface area contributed by atoms with Crippen LogP contribution in [0.2, 0.25) is 0 Å². The summed E-state index contributed by atoms with van der Waals surface area (Å²) in [7, 11) is -1.44. The smallest absolute Gasteiger partial charge is 0.214 e. The van der Waals surface area contributed by atoms with E-state index in [0.29, 0.717) is 9.79 Å². The van der Waals surface area contributed by atoms with Crippen LogP contribution in [0.15, 0.2) is 64.5 Å². The van der Waals surface area contributed by atoms with Gasteiger partial charge in [-0.05, 0) is 25.1 Å². The molecule has 1 aliphatic rings. The highest BCUT2D eigenvalue weighted by molar-refractivity contribution is 7.91. The van der Waals surface area contributed by atoms with Gasteiger partial charge in [-0.1, -0.05) is 29.8 Å². The molecule has 0 unspecified atom stereocenters. The van der Waals surface area contributed by atoms with E-state index in [9.17, 15) is 8.42 Å². The average Bonchev–Trinajstić information content (AvgIpc) is 2.68. The lowest BCUT2D eigenvalue weighted by Gasteiger charge is -2.32. The molecule has 5 nitrogen and oxygen atoms in total. The predicted molar refractivity (Wildman–Crippen MR) is 106 cm³/mol. The maximum atomic E-state index is 13.5. The zero-order valence-electron chi connectivity index (χ0n) is 15.7. The molecule has 0 radical (unpaired) electrons. The van der Waals surface area contributed by atoms with Crippen LogP contribution in [0.4, 0.5) is 5.69 Å². The quantitative estimate of drug-likeness (QED) is 0.738. The summed E-state index contributed by atoms with van der Waals surface area (Å²) in [5.74, 6) is 0. The Bertz CT molecular complexity index is 1070. The van der Waals surface area contributed by atoms with Crippen LogP contribution >= 0.6 is 0 Å². The van der Waals surface area contributed by atoms with Crippen molar-refractivity contribution in [3.05, 3.63) is 60.3 Å². The molecule has 2 aromatic carbocycles. The Labute approximate surface area is 160 Å². The number of pyridine rings is 1. The first kappa shape index (κ1) is 17.9. The molecule has 1 aliphatic heterocycles. The molecule has 0 aliphatic carbocycles. The van der Waals surface area contributed by atoms with Crippen molar-refractivity contribution in [1.29, 1.82) is 0 Å². The molecule has 4 rings (SSSR count). The molecule has 2 N–H and O–H groups in total. The van der Waals surface area contributed by atoms with E-state index in [1.807, 2.05) is 43.3 Å². The van der Waals surface area contributed by atoms with Gasteiger partial charge in [0.05, 0.1) is 49.2 Å². The van der Waals surface area contributed by atoms with E-state index in [1.54, 1.807) is 18.3 Å². The predicted octanol–water partition coefficient (Wildman–Crippen LogP) is 1.13. The Hall–Kier alpha value is -2.44. The molecule has 2 heterocycles. The van der Waals surface area contributed by atoms with Crippen molar-refractivity contribution in [1.82, 2.24) is 0 Å². The van der Waals surface area contributed by atoms with Gasteiger partial charge in [-0.3, -0.25) is 0 Å². The normalized spacial score (nSPS) is 16.0. The number of quaternary nitrogens is 1. The third-order valence-electron chi connectivity index (χ3n) is 5.33. The number of aryl methyl sites for hydroxylation is 1. The molecule has 27 heavy (non-hydrogen) atoms. The van der Waals surface area contributed by atoms with Crippen LogP contribution in [-0.2, 0) is 9.84 Å². The Kier molecular flexibility index (Phi) is 4.61. The largest absolute Gasteiger partial charge is 0.358 e. The van der Waals surface area contributed by atoms with Crippen molar-refractivity contribution in [3.63, 3.8) is 0 Å². The van der Waals surface area contributed by atoms with Gasteiger partial charge in [0, 0.05) is 6.07 Å². The van der Waals surface area contributed by atoms with E-state index in [-0.39, 0.29) is 0 Å². The number of H-pyrrole nitrogens is 1. The van der Waals surface area contributed by atoms with Crippen LogP contribution in [-0.4, -0.2) is 41.6 Å². The monoisotopic (exact) mass is 383 g/mol. The first-order valence-electron chi connectivity index (χ1n) is 9.28. The van der Waals surface area contributed by atoms with E-state index in [4.69, 9.17) is 0 Å². The Balaban J connectivity index is 1.92. The van der Waals surface area contributed by atoms with Gasteiger partial charge in [-0.15, -0.1) is 0 Å². The number of anilines is 1. The molecule has 1 saturated heterocycles. The lowest BCUT2D eigenvalue weighted by atomic mass is 10.1. The fourth-order valence-corrected chi connectivity index (χ4v) is 5.10. The lowest BCUT2D eigenvalue weighted by molar-refractivity contribution is -0.880. The number of aromatic nitrogens is 1. The van der Waals surface area contributed by atoms with Crippen LogP contribution in [0.1, 0.15) is 5.56 Å². The van der Waals surface area contributed by atoms with Gasteiger partial charge in [-0.2, -0.15) is 0 Å². The van der Waals surface area contributed by atoms with Gasteiger partial charge in [0.2, 0.25) is 15.4 Å². The van der Waals surface area contributed by atoms with Crippen LogP contribution < -0.4 is 14.8 Å². The third-order valence-corrected chi connectivity index (χ3v) is 7.11. The lowest BCUT2D eigenvalue weighted by Crippen LogP contribution is -3.12. The summed E-state index contributed by atoms with van der Waals surface area (Å²) in [6, 6.07) is 15.0. The van der Waals surface area contributed by atoms with Crippen molar-refractivity contribution in [2.45, 2.75) is 16.7 Å². The number of piperazine rings is 1. The van der Waals surface area contributed by atoms with E-state index >= 15 is 0 Å². The fourth-order valence-electron chi connectivity index (χ4n) is 3.65. The molecule has 0 amide bonds. The van der Waals surface area contributed by atoms with Crippen LogP contribution in [0.5, 0.6) is 0 Å². The summed E-state index contributed by atoms with van der Waals surface area (Å²) >= 11 is 0. The van der Waals surface area contributed by atoms with Gasteiger partial charge in [-0.25, -0.2) is 13.4 Å². The molecule has 1 fully saturated rings. The number of rotatable bonds is 3. The molecule has 6 heteroatoms. The second-order valence-electron chi connectivity index (χ2n) is 7.31. The summed E-state index contributed by atoms with van der Waals surface area (Å²) in [6.45, 7) is 5.64. The van der Waals surface area contributed by atoms with Gasteiger partial charge in [0.1, 0.15) is 0 Å². The number of hydrogen-bond donors (Lipinski definition) is 1. The summed E-state index contributed by atoms with van der Waals surface area (Å²) in [6.07, 6.45) is 1.65. The van der Waals surface area contributed by atoms with E-state index in [0.717, 1.165) is 48.3 Å². The van der Waals surface area contributed by atoms with Crippen molar-refractivity contribution in [2.24, 2.45) is 0 Å². The third kappa shape index (κ3) is 3.31. The summed E-state index contributed by atoms with van der Waals surface area (Å²) in [4.78, 5) is 7.57. The first-order valence-corrected chi connectivity index (χ1v) is 10.8. The molecule has 0 bridgehead atoms. The highest BCUT2D eigenvalue weighted by atomic mass is 32.2. The van der Waals surface area contributed by atoms with E-state index < -0.39 is 9.84 Å². The number of para-hydroxylation sites is 1. The van der Waals surface area contributed by atoms with Crippen molar-refractivity contribution >= 4 is 26.4 Å². The SMILES string of the molecule is Cc1ccc(S(=O)(=O)c2c[nH+]c3ccccc3c2N2CC[NH+](C)CC2)cc1. The topological polar surface area (TPSA) is 56.0 Å². The molecule has 0 atom stereocenters. The molecule has 1 aromatic heterocycles. The second kappa shape index (κ2) is 6.94. The van der Waals surface area contributed by atoms with Gasteiger partial charge >= 0.3 is 0 Å². The molecule has 140 valence electrons. The minimum atomic E-state index is -3.62. The van der Waals surface area contributed by atoms with Crippen LogP contribution in [0.3, 0.4) is 0 Å². The molecular formula is C21H25N3O2S+2. The standard InChI is InChI=1S/C21H23N3O2S/c1-16-7-9-17(10-8-16)27(25,26)20-15-22-19-6-4-3-5-18(19)21(20)24-13-11-23(2)12-14-24/h3-10,15H,11-14H2,1-2H3/p+2. The van der Waals surface area contributed by atoms with Crippen molar-refractivity contribution in [2.75, 3.05) is 38.1 Å². The van der Waals surface area contributed by atoms with E-state index in [2.05, 4.69) is 16.9 Å². The van der Waals surface area contributed by atoms with Crippen molar-refractivity contribution < 1.29 is 18.3 Å². The maximum absolute atomic E-state index is 13.5. The first-order chi connectivity index (χ1) is 13.0. The Morgan fingerprint density at radius 1 is 1.00 bits per heavy atom. The minimum absolute atomic E-state index is 0.331. The van der Waals surface area contributed by atoms with Crippen LogP contribution in [0.25, 0.3) is 10.9 Å². The Morgan fingerprint density at radius 3 is 2.37 bits per heavy atom. The number of fused-ring (bicyclic) bond motifs is 1. The minimum Gasteiger partial charge on any atom is -0.358 e. The maximum Gasteiger partial charge on any atom is 0.214 e. The number of hydrogen-bond acceptors (Lipinski definition) is 3. The number of likely N-dealkylation sites (N-methyl/N-ethyl adjacent to an activating group) is 1. The number of nitrogens with one attached hydrogen (secondary N) is 2. The van der Waals surface area contributed by atoms with Gasteiger partial charge < -0.3 is 9.80 Å².